The number of carbonyl (C=O) groups excluding carboxylic acids is 2. The molecule has 0 bridgehead atoms. The van der Waals surface area contributed by atoms with Gasteiger partial charge in [0.05, 0.1) is 12.5 Å². The molecule has 2 amide bonds. The molecule has 1 aromatic rings. The van der Waals surface area contributed by atoms with E-state index in [9.17, 15) is 14.4 Å². The van der Waals surface area contributed by atoms with Gasteiger partial charge in [-0.05, 0) is 26.7 Å². The highest BCUT2D eigenvalue weighted by Crippen LogP contribution is 2.25. The standard InChI is InChI=1S/C19H28N4O3/c1-12-16(19(26)21-13(2)20-12)10-17(24)22-14-9-18(25)23(11-14)15-7-5-3-4-6-8-15/h14-15H,3-11H2,1-2H3,(H,22,24)(H,20,21,26)/t14-/m1/s1. The molecule has 1 saturated heterocycles. The van der Waals surface area contributed by atoms with E-state index < -0.39 is 0 Å². The molecule has 2 aliphatic rings. The molecular weight excluding hydrogens is 332 g/mol. The Morgan fingerprint density at radius 2 is 1.88 bits per heavy atom. The molecule has 1 aromatic heterocycles. The van der Waals surface area contributed by atoms with Gasteiger partial charge in [0.1, 0.15) is 5.82 Å². The maximum absolute atomic E-state index is 12.4. The lowest BCUT2D eigenvalue weighted by atomic mass is 10.1. The number of hydrogen-bond donors (Lipinski definition) is 2. The number of rotatable bonds is 4. The lowest BCUT2D eigenvalue weighted by Gasteiger charge is -2.27. The van der Waals surface area contributed by atoms with Gasteiger partial charge in [0, 0.05) is 30.3 Å². The van der Waals surface area contributed by atoms with Crippen LogP contribution in [0.4, 0.5) is 0 Å². The molecule has 0 unspecified atom stereocenters. The van der Waals surface area contributed by atoms with E-state index in [0.717, 1.165) is 12.8 Å². The van der Waals surface area contributed by atoms with Gasteiger partial charge in [-0.2, -0.15) is 0 Å². The minimum Gasteiger partial charge on any atom is -0.351 e. The van der Waals surface area contributed by atoms with Crippen LogP contribution in [-0.4, -0.2) is 45.3 Å². The van der Waals surface area contributed by atoms with Crippen LogP contribution in [0, 0.1) is 13.8 Å². The Balaban J connectivity index is 1.58. The summed E-state index contributed by atoms with van der Waals surface area (Å²) in [5.74, 6) is 0.440. The molecule has 2 fully saturated rings. The summed E-state index contributed by atoms with van der Waals surface area (Å²) in [5.41, 5.74) is 0.690. The van der Waals surface area contributed by atoms with Crippen LogP contribution < -0.4 is 10.9 Å². The number of H-pyrrole nitrogens is 1. The summed E-state index contributed by atoms with van der Waals surface area (Å²) in [6, 6.07) is 0.148. The van der Waals surface area contributed by atoms with E-state index in [1.165, 1.54) is 25.7 Å². The SMILES string of the molecule is Cc1nc(C)c(CC(=O)N[C@@H]2CC(=O)N(C3CCCCCC3)C2)c(=O)[nH]1. The van der Waals surface area contributed by atoms with Crippen molar-refractivity contribution in [3.8, 4) is 0 Å². The molecule has 1 atom stereocenters. The Labute approximate surface area is 153 Å². The zero-order valence-corrected chi connectivity index (χ0v) is 15.6. The molecule has 26 heavy (non-hydrogen) atoms. The third kappa shape index (κ3) is 4.31. The topological polar surface area (TPSA) is 95.2 Å². The summed E-state index contributed by atoms with van der Waals surface area (Å²) in [6.07, 6.45) is 7.31. The quantitative estimate of drug-likeness (QED) is 0.793. The van der Waals surface area contributed by atoms with Gasteiger partial charge in [-0.25, -0.2) is 4.98 Å². The highest BCUT2D eigenvalue weighted by Gasteiger charge is 2.35. The Morgan fingerprint density at radius 3 is 2.54 bits per heavy atom. The molecule has 7 nitrogen and oxygen atoms in total. The van der Waals surface area contributed by atoms with Gasteiger partial charge < -0.3 is 15.2 Å². The number of aromatic nitrogens is 2. The molecule has 2 heterocycles. The largest absolute Gasteiger partial charge is 0.351 e. The monoisotopic (exact) mass is 360 g/mol. The molecule has 1 saturated carbocycles. The number of nitrogens with one attached hydrogen (secondary N) is 2. The van der Waals surface area contributed by atoms with Crippen molar-refractivity contribution in [1.82, 2.24) is 20.2 Å². The molecule has 1 aliphatic carbocycles. The summed E-state index contributed by atoms with van der Waals surface area (Å²) >= 11 is 0. The van der Waals surface area contributed by atoms with Gasteiger partial charge in [-0.15, -0.1) is 0 Å². The molecular formula is C19H28N4O3. The number of aromatic amines is 1. The fraction of sp³-hybridized carbons (Fsp3) is 0.684. The predicted octanol–water partition coefficient (Wildman–Crippen LogP) is 1.37. The molecule has 2 N–H and O–H groups in total. The summed E-state index contributed by atoms with van der Waals surface area (Å²) < 4.78 is 0. The van der Waals surface area contributed by atoms with Crippen molar-refractivity contribution in [2.45, 2.75) is 77.3 Å². The van der Waals surface area contributed by atoms with Crippen LogP contribution in [0.5, 0.6) is 0 Å². The molecule has 1 aliphatic heterocycles. The minimum atomic E-state index is -0.271. The lowest BCUT2D eigenvalue weighted by Crippen LogP contribution is -2.41. The molecule has 7 heteroatoms. The zero-order chi connectivity index (χ0) is 18.7. The van der Waals surface area contributed by atoms with Gasteiger partial charge >= 0.3 is 0 Å². The third-order valence-corrected chi connectivity index (χ3v) is 5.47. The van der Waals surface area contributed by atoms with Crippen molar-refractivity contribution >= 4 is 11.8 Å². The molecule has 0 radical (unpaired) electrons. The summed E-state index contributed by atoms with van der Waals surface area (Å²) in [6.45, 7) is 4.03. The fourth-order valence-electron chi connectivity index (χ4n) is 4.15. The molecule has 142 valence electrons. The van der Waals surface area contributed by atoms with Crippen LogP contribution in [0.2, 0.25) is 0 Å². The number of nitrogens with zero attached hydrogens (tertiary/aromatic N) is 2. The van der Waals surface area contributed by atoms with Crippen LogP contribution in [0.25, 0.3) is 0 Å². The minimum absolute atomic E-state index is 0.0113. The van der Waals surface area contributed by atoms with Crippen LogP contribution >= 0.6 is 0 Å². The van der Waals surface area contributed by atoms with Crippen molar-refractivity contribution in [2.75, 3.05) is 6.54 Å². The Bertz CT molecular complexity index is 735. The van der Waals surface area contributed by atoms with Gasteiger partial charge in [-0.1, -0.05) is 25.7 Å². The van der Waals surface area contributed by atoms with Crippen molar-refractivity contribution in [2.24, 2.45) is 0 Å². The van der Waals surface area contributed by atoms with E-state index in [1.54, 1.807) is 13.8 Å². The molecule has 3 rings (SSSR count). The predicted molar refractivity (Wildman–Crippen MR) is 97.8 cm³/mol. The maximum Gasteiger partial charge on any atom is 0.254 e. The van der Waals surface area contributed by atoms with Crippen molar-refractivity contribution in [3.63, 3.8) is 0 Å². The van der Waals surface area contributed by atoms with Gasteiger partial charge in [0.15, 0.2) is 0 Å². The maximum atomic E-state index is 12.4. The first-order valence-corrected chi connectivity index (χ1v) is 9.59. The summed E-state index contributed by atoms with van der Waals surface area (Å²) in [7, 11) is 0. The van der Waals surface area contributed by atoms with E-state index in [1.807, 2.05) is 4.90 Å². The Hall–Kier alpha value is -2.18. The summed E-state index contributed by atoms with van der Waals surface area (Å²) in [4.78, 5) is 45.6. The number of aryl methyl sites for hydroxylation is 2. The second kappa shape index (κ2) is 8.01. The second-order valence-electron chi connectivity index (χ2n) is 7.55. The summed E-state index contributed by atoms with van der Waals surface area (Å²) in [5, 5.41) is 2.93. The van der Waals surface area contributed by atoms with E-state index in [2.05, 4.69) is 15.3 Å². The first-order chi connectivity index (χ1) is 12.4. The second-order valence-corrected chi connectivity index (χ2v) is 7.55. The van der Waals surface area contributed by atoms with Crippen LogP contribution in [-0.2, 0) is 16.0 Å². The average molecular weight is 360 g/mol. The van der Waals surface area contributed by atoms with Crippen molar-refractivity contribution in [1.29, 1.82) is 0 Å². The number of hydrogen-bond acceptors (Lipinski definition) is 4. The van der Waals surface area contributed by atoms with E-state index in [0.29, 0.717) is 36.1 Å². The normalized spacial score (nSPS) is 21.7. The highest BCUT2D eigenvalue weighted by molar-refractivity contribution is 5.83. The lowest BCUT2D eigenvalue weighted by molar-refractivity contribution is -0.129. The van der Waals surface area contributed by atoms with Crippen molar-refractivity contribution in [3.05, 3.63) is 27.4 Å². The highest BCUT2D eigenvalue weighted by atomic mass is 16.2. The smallest absolute Gasteiger partial charge is 0.254 e. The van der Waals surface area contributed by atoms with Gasteiger partial charge in [0.2, 0.25) is 11.8 Å². The number of likely N-dealkylation sites (tertiary alicyclic amines) is 1. The number of carbonyl (C=O) groups is 2. The van der Waals surface area contributed by atoms with Gasteiger partial charge in [0.25, 0.3) is 5.56 Å². The Morgan fingerprint density at radius 1 is 1.19 bits per heavy atom. The molecule has 0 spiro atoms. The average Bonchev–Trinajstić information content (AvgIpc) is 2.77. The first-order valence-electron chi connectivity index (χ1n) is 9.59. The van der Waals surface area contributed by atoms with Crippen LogP contribution in [0.1, 0.15) is 62.0 Å². The van der Waals surface area contributed by atoms with Crippen LogP contribution in [0.3, 0.4) is 0 Å². The zero-order valence-electron chi connectivity index (χ0n) is 15.6. The van der Waals surface area contributed by atoms with E-state index in [-0.39, 0.29) is 29.8 Å². The number of amides is 2. The van der Waals surface area contributed by atoms with Crippen LogP contribution in [0.15, 0.2) is 4.79 Å². The first kappa shape index (κ1) is 18.6. The fourth-order valence-corrected chi connectivity index (χ4v) is 4.15. The van der Waals surface area contributed by atoms with E-state index in [4.69, 9.17) is 0 Å². The van der Waals surface area contributed by atoms with Crippen molar-refractivity contribution < 1.29 is 9.59 Å². The van der Waals surface area contributed by atoms with E-state index >= 15 is 0 Å². The molecule has 0 aromatic carbocycles. The van der Waals surface area contributed by atoms with Gasteiger partial charge in [-0.3, -0.25) is 14.4 Å². The third-order valence-electron chi connectivity index (χ3n) is 5.47. The Kier molecular flexibility index (Phi) is 5.74.